The zero-order chi connectivity index (χ0) is 23.9. The molecule has 33 heavy (non-hydrogen) atoms. The number of anilines is 1. The summed E-state index contributed by atoms with van der Waals surface area (Å²) in [4.78, 5) is 20.9. The summed E-state index contributed by atoms with van der Waals surface area (Å²) in [6, 6.07) is 5.28. The molecule has 0 bridgehead atoms. The Balaban J connectivity index is 1.88. The summed E-state index contributed by atoms with van der Waals surface area (Å²) in [5.74, 6) is -1.75. The van der Waals surface area contributed by atoms with Gasteiger partial charge in [0.2, 0.25) is 0 Å². The Hall–Kier alpha value is -3.82. The highest BCUT2D eigenvalue weighted by Crippen LogP contribution is 2.37. The van der Waals surface area contributed by atoms with Crippen LogP contribution >= 0.6 is 0 Å². The number of rotatable bonds is 4. The van der Waals surface area contributed by atoms with Gasteiger partial charge in [-0.2, -0.15) is 13.2 Å². The number of benzene rings is 2. The fraction of sp³-hybridized carbons (Fsp3) is 0.174. The second kappa shape index (κ2) is 8.27. The fourth-order valence-corrected chi connectivity index (χ4v) is 3.76. The van der Waals surface area contributed by atoms with Gasteiger partial charge in [0, 0.05) is 36.7 Å². The lowest BCUT2D eigenvalue weighted by atomic mass is 9.98. The van der Waals surface area contributed by atoms with Gasteiger partial charge >= 0.3 is 6.18 Å². The van der Waals surface area contributed by atoms with Crippen LogP contribution in [0, 0.1) is 11.6 Å². The Morgan fingerprint density at radius 3 is 2.33 bits per heavy atom. The maximum absolute atomic E-state index is 14.4. The molecule has 2 aromatic heterocycles. The van der Waals surface area contributed by atoms with Crippen LogP contribution in [0.2, 0.25) is 0 Å². The van der Waals surface area contributed by atoms with Gasteiger partial charge in [-0.15, -0.1) is 0 Å². The number of nitrogens with zero attached hydrogens (tertiary/aromatic N) is 3. The molecule has 2 aromatic carbocycles. The van der Waals surface area contributed by atoms with E-state index in [1.807, 2.05) is 0 Å². The Morgan fingerprint density at radius 2 is 1.67 bits per heavy atom. The van der Waals surface area contributed by atoms with Gasteiger partial charge < -0.3 is 9.88 Å². The van der Waals surface area contributed by atoms with Gasteiger partial charge in [-0.3, -0.25) is 4.79 Å². The minimum Gasteiger partial charge on any atom is -0.378 e. The first-order valence-corrected chi connectivity index (χ1v) is 9.78. The molecule has 4 rings (SSSR count). The van der Waals surface area contributed by atoms with Crippen LogP contribution in [0.25, 0.3) is 22.0 Å². The first kappa shape index (κ1) is 22.4. The first-order valence-electron chi connectivity index (χ1n) is 9.78. The normalized spacial score (nSPS) is 12.7. The number of nitrogens with one attached hydrogen (secondary N) is 1. The number of fused-ring (bicyclic) bond motifs is 1. The Labute approximate surface area is 184 Å². The van der Waals surface area contributed by atoms with Crippen LogP contribution in [0.15, 0.2) is 59.9 Å². The molecule has 0 unspecified atom stereocenters. The second-order valence-corrected chi connectivity index (χ2v) is 7.53. The lowest BCUT2D eigenvalue weighted by Gasteiger charge is -2.22. The first-order chi connectivity index (χ1) is 15.6. The number of alkyl halides is 3. The molecule has 0 radical (unpaired) electrons. The molecule has 0 aliphatic heterocycles. The molecule has 1 N–H and O–H groups in total. The second-order valence-electron chi connectivity index (χ2n) is 7.53. The molecule has 170 valence electrons. The molecule has 4 aromatic rings. The van der Waals surface area contributed by atoms with E-state index in [4.69, 9.17) is 0 Å². The minimum absolute atomic E-state index is 0.0666. The summed E-state index contributed by atoms with van der Waals surface area (Å²) in [6.07, 6.45) is -0.458. The van der Waals surface area contributed by atoms with Crippen LogP contribution in [0.5, 0.6) is 0 Å². The zero-order valence-corrected chi connectivity index (χ0v) is 17.4. The van der Waals surface area contributed by atoms with E-state index < -0.39 is 35.0 Å². The Bertz CT molecular complexity index is 1400. The van der Waals surface area contributed by atoms with Crippen molar-refractivity contribution < 1.29 is 22.0 Å². The van der Waals surface area contributed by atoms with E-state index >= 15 is 0 Å². The standard InChI is InChI=1S/C23H17F5N4O/c1-12(31-20-4-3-14(24)7-19(20)23(26,27)28)16-5-15(25)6-18-17(16)8-21(32(2)22(18)33)13-9-29-11-30-10-13/h3-12,31H,1-2H3/t12-/m1/s1. The molecule has 0 saturated heterocycles. The molecule has 0 spiro atoms. The maximum Gasteiger partial charge on any atom is 0.418 e. The Morgan fingerprint density at radius 1 is 0.970 bits per heavy atom. The highest BCUT2D eigenvalue weighted by molar-refractivity contribution is 5.89. The molecule has 0 aliphatic carbocycles. The molecule has 0 aliphatic rings. The van der Waals surface area contributed by atoms with Crippen LogP contribution in [0.1, 0.15) is 24.1 Å². The SMILES string of the molecule is C[C@@H](Nc1ccc(F)cc1C(F)(F)F)c1cc(F)cc2c(=O)n(C)c(-c3cncnc3)cc12. The van der Waals surface area contributed by atoms with E-state index in [-0.39, 0.29) is 16.6 Å². The van der Waals surface area contributed by atoms with Crippen molar-refractivity contribution in [1.82, 2.24) is 14.5 Å². The maximum atomic E-state index is 14.4. The van der Waals surface area contributed by atoms with Gasteiger partial charge in [0.15, 0.2) is 0 Å². The van der Waals surface area contributed by atoms with Crippen LogP contribution in [-0.2, 0) is 13.2 Å². The number of aromatic nitrogens is 3. The molecule has 5 nitrogen and oxygen atoms in total. The lowest BCUT2D eigenvalue weighted by molar-refractivity contribution is -0.137. The summed E-state index contributed by atoms with van der Waals surface area (Å²) in [6.45, 7) is 1.53. The monoisotopic (exact) mass is 460 g/mol. The molecule has 0 amide bonds. The van der Waals surface area contributed by atoms with E-state index in [9.17, 15) is 26.7 Å². The van der Waals surface area contributed by atoms with Crippen molar-refractivity contribution in [1.29, 1.82) is 0 Å². The van der Waals surface area contributed by atoms with Gasteiger partial charge in [-0.05, 0) is 54.3 Å². The fourth-order valence-electron chi connectivity index (χ4n) is 3.76. The molecule has 10 heteroatoms. The van der Waals surface area contributed by atoms with Crippen LogP contribution in [-0.4, -0.2) is 14.5 Å². The van der Waals surface area contributed by atoms with Crippen LogP contribution in [0.3, 0.4) is 0 Å². The van der Waals surface area contributed by atoms with E-state index in [2.05, 4.69) is 15.3 Å². The third-order valence-corrected chi connectivity index (χ3v) is 5.34. The van der Waals surface area contributed by atoms with E-state index in [1.54, 1.807) is 6.07 Å². The minimum atomic E-state index is -4.80. The molecule has 0 saturated carbocycles. The van der Waals surface area contributed by atoms with E-state index in [0.717, 1.165) is 24.3 Å². The van der Waals surface area contributed by atoms with Gasteiger partial charge in [-0.25, -0.2) is 18.7 Å². The van der Waals surface area contributed by atoms with Gasteiger partial charge in [-0.1, -0.05) is 0 Å². The third-order valence-electron chi connectivity index (χ3n) is 5.34. The predicted octanol–water partition coefficient (Wildman–Crippen LogP) is 5.47. The number of hydrogen-bond acceptors (Lipinski definition) is 4. The van der Waals surface area contributed by atoms with Crippen molar-refractivity contribution >= 4 is 16.5 Å². The van der Waals surface area contributed by atoms with Gasteiger partial charge in [0.05, 0.1) is 16.6 Å². The highest BCUT2D eigenvalue weighted by atomic mass is 19.4. The van der Waals surface area contributed by atoms with E-state index in [0.29, 0.717) is 22.7 Å². The average Bonchev–Trinajstić information content (AvgIpc) is 2.77. The van der Waals surface area contributed by atoms with Crippen molar-refractivity contribution in [3.63, 3.8) is 0 Å². The summed E-state index contributed by atoms with van der Waals surface area (Å²) in [7, 11) is 1.52. The number of halogens is 5. The quantitative estimate of drug-likeness (QED) is 0.411. The highest BCUT2D eigenvalue weighted by Gasteiger charge is 2.34. The number of pyridine rings is 1. The van der Waals surface area contributed by atoms with Crippen molar-refractivity contribution in [3.05, 3.63) is 88.2 Å². The van der Waals surface area contributed by atoms with Crippen LogP contribution in [0.4, 0.5) is 27.6 Å². The van der Waals surface area contributed by atoms with Crippen molar-refractivity contribution in [2.75, 3.05) is 5.32 Å². The van der Waals surface area contributed by atoms with Crippen molar-refractivity contribution in [2.24, 2.45) is 7.05 Å². The number of hydrogen-bond donors (Lipinski definition) is 1. The third kappa shape index (κ3) is 4.28. The molecule has 0 fully saturated rings. The molecule has 2 heterocycles. The zero-order valence-electron chi connectivity index (χ0n) is 17.4. The predicted molar refractivity (Wildman–Crippen MR) is 114 cm³/mol. The smallest absolute Gasteiger partial charge is 0.378 e. The summed E-state index contributed by atoms with van der Waals surface area (Å²) in [5, 5.41) is 3.11. The summed E-state index contributed by atoms with van der Waals surface area (Å²) < 4.78 is 69.5. The van der Waals surface area contributed by atoms with Gasteiger partial charge in [0.1, 0.15) is 18.0 Å². The largest absolute Gasteiger partial charge is 0.418 e. The molecular formula is C23H17F5N4O. The summed E-state index contributed by atoms with van der Waals surface area (Å²) in [5.41, 5.74) is -0.795. The summed E-state index contributed by atoms with van der Waals surface area (Å²) >= 11 is 0. The van der Waals surface area contributed by atoms with Crippen molar-refractivity contribution in [3.8, 4) is 11.3 Å². The lowest BCUT2D eigenvalue weighted by Crippen LogP contribution is -2.20. The molecular weight excluding hydrogens is 443 g/mol. The van der Waals surface area contributed by atoms with Gasteiger partial charge in [0.25, 0.3) is 5.56 Å². The van der Waals surface area contributed by atoms with Crippen LogP contribution < -0.4 is 10.9 Å². The Kier molecular flexibility index (Phi) is 5.61. The van der Waals surface area contributed by atoms with Crippen molar-refractivity contribution in [2.45, 2.75) is 19.1 Å². The molecule has 1 atom stereocenters. The topological polar surface area (TPSA) is 59.8 Å². The average molecular weight is 460 g/mol. The van der Waals surface area contributed by atoms with E-state index in [1.165, 1.54) is 37.3 Å².